The van der Waals surface area contributed by atoms with Crippen molar-refractivity contribution in [1.82, 2.24) is 10.3 Å². The summed E-state index contributed by atoms with van der Waals surface area (Å²) in [6, 6.07) is 4.81. The van der Waals surface area contributed by atoms with E-state index in [1.54, 1.807) is 19.2 Å². The Kier molecular flexibility index (Phi) is 6.17. The summed E-state index contributed by atoms with van der Waals surface area (Å²) in [5.41, 5.74) is 0.333. The van der Waals surface area contributed by atoms with Crippen LogP contribution in [-0.2, 0) is 11.2 Å². The molecule has 4 nitrogen and oxygen atoms in total. The average molecular weight is 313 g/mol. The van der Waals surface area contributed by atoms with E-state index in [4.69, 9.17) is 20.8 Å². The smallest absolute Gasteiger partial charge is 0.194 e. The Morgan fingerprint density at radius 3 is 3.05 bits per heavy atom. The Morgan fingerprint density at radius 2 is 2.24 bits per heavy atom. The van der Waals surface area contributed by atoms with Gasteiger partial charge in [-0.3, -0.25) is 0 Å². The van der Waals surface area contributed by atoms with Gasteiger partial charge in [0.15, 0.2) is 17.5 Å². The minimum absolute atomic E-state index is 0.0767. The van der Waals surface area contributed by atoms with Crippen LogP contribution in [0.25, 0.3) is 11.3 Å². The van der Waals surface area contributed by atoms with E-state index < -0.39 is 5.82 Å². The molecule has 0 saturated carbocycles. The third-order valence-electron chi connectivity index (χ3n) is 3.00. The number of hydrogen-bond acceptors (Lipinski definition) is 4. The van der Waals surface area contributed by atoms with Gasteiger partial charge in [-0.2, -0.15) is 0 Å². The number of rotatable bonds is 8. The molecule has 1 N–H and O–H groups in total. The highest BCUT2D eigenvalue weighted by molar-refractivity contribution is 6.31. The lowest BCUT2D eigenvalue weighted by molar-refractivity contribution is 0.199. The number of halogens is 2. The van der Waals surface area contributed by atoms with Crippen LogP contribution in [-0.4, -0.2) is 31.8 Å². The first-order valence-electron chi connectivity index (χ1n) is 6.81. The summed E-state index contributed by atoms with van der Waals surface area (Å²) >= 11 is 5.76. The molecule has 1 heterocycles. The molecule has 0 aliphatic rings. The predicted octanol–water partition coefficient (Wildman–Crippen LogP) is 3.30. The van der Waals surface area contributed by atoms with E-state index in [1.165, 1.54) is 12.3 Å². The first-order chi connectivity index (χ1) is 10.2. The number of ether oxygens (including phenoxy) is 1. The number of nitrogens with zero attached hydrogens (tertiary/aromatic N) is 1. The molecule has 1 aromatic carbocycles. The second-order valence-corrected chi connectivity index (χ2v) is 4.97. The van der Waals surface area contributed by atoms with Gasteiger partial charge in [-0.1, -0.05) is 17.7 Å². The van der Waals surface area contributed by atoms with Crippen molar-refractivity contribution < 1.29 is 13.5 Å². The summed E-state index contributed by atoms with van der Waals surface area (Å²) in [6.07, 6.45) is 3.12. The van der Waals surface area contributed by atoms with Gasteiger partial charge in [-0.25, -0.2) is 9.37 Å². The van der Waals surface area contributed by atoms with Crippen LogP contribution >= 0.6 is 11.6 Å². The topological polar surface area (TPSA) is 47.3 Å². The maximum absolute atomic E-state index is 13.9. The number of aryl methyl sites for hydroxylation is 1. The number of nitrogens with one attached hydrogen (secondary N) is 1. The van der Waals surface area contributed by atoms with Gasteiger partial charge < -0.3 is 14.5 Å². The van der Waals surface area contributed by atoms with Gasteiger partial charge in [0.1, 0.15) is 0 Å². The predicted molar refractivity (Wildman–Crippen MR) is 80.0 cm³/mol. The third-order valence-corrected chi connectivity index (χ3v) is 3.29. The fourth-order valence-electron chi connectivity index (χ4n) is 1.91. The van der Waals surface area contributed by atoms with Crippen molar-refractivity contribution in [2.75, 3.05) is 26.8 Å². The molecule has 2 aromatic rings. The molecule has 0 amide bonds. The molecule has 0 atom stereocenters. The molecule has 1 aromatic heterocycles. The number of hydrogen-bond donors (Lipinski definition) is 1. The normalized spacial score (nSPS) is 11.0. The van der Waals surface area contributed by atoms with E-state index in [2.05, 4.69) is 10.3 Å². The number of benzene rings is 1. The molecule has 0 spiro atoms. The van der Waals surface area contributed by atoms with Gasteiger partial charge in [-0.15, -0.1) is 0 Å². The Balaban J connectivity index is 1.88. The highest BCUT2D eigenvalue weighted by Gasteiger charge is 2.13. The van der Waals surface area contributed by atoms with E-state index in [0.717, 1.165) is 19.5 Å². The summed E-state index contributed by atoms with van der Waals surface area (Å²) in [7, 11) is 1.67. The maximum Gasteiger partial charge on any atom is 0.194 e. The van der Waals surface area contributed by atoms with Crippen molar-refractivity contribution in [2.45, 2.75) is 12.8 Å². The standard InChI is InChI=1S/C15H18ClFN2O2/c1-20-9-8-18-7-3-6-14-19-10-13(21-14)11-4-2-5-12(16)15(11)17/h2,4-5,10,18H,3,6-9H2,1H3. The van der Waals surface area contributed by atoms with Gasteiger partial charge in [0, 0.05) is 20.1 Å². The number of oxazole rings is 1. The van der Waals surface area contributed by atoms with Gasteiger partial charge in [-0.05, 0) is 25.1 Å². The zero-order valence-corrected chi connectivity index (χ0v) is 12.6. The van der Waals surface area contributed by atoms with Crippen LogP contribution in [0, 0.1) is 5.82 Å². The lowest BCUT2D eigenvalue weighted by atomic mass is 10.2. The van der Waals surface area contributed by atoms with Gasteiger partial charge in [0.05, 0.1) is 23.4 Å². The molecule has 0 aliphatic heterocycles. The van der Waals surface area contributed by atoms with Crippen LogP contribution in [0.15, 0.2) is 28.8 Å². The quantitative estimate of drug-likeness (QED) is 0.760. The molecule has 114 valence electrons. The van der Waals surface area contributed by atoms with E-state index in [1.807, 2.05) is 0 Å². The number of aromatic nitrogens is 1. The highest BCUT2D eigenvalue weighted by Crippen LogP contribution is 2.28. The summed E-state index contributed by atoms with van der Waals surface area (Å²) in [6.45, 7) is 2.37. The molecular formula is C15H18ClFN2O2. The molecular weight excluding hydrogens is 295 g/mol. The van der Waals surface area contributed by atoms with Crippen molar-refractivity contribution in [3.63, 3.8) is 0 Å². The lowest BCUT2D eigenvalue weighted by Crippen LogP contribution is -2.20. The van der Waals surface area contributed by atoms with Crippen LogP contribution in [0.2, 0.25) is 5.02 Å². The minimum atomic E-state index is -0.483. The summed E-state index contributed by atoms with van der Waals surface area (Å²) < 4.78 is 24.4. The van der Waals surface area contributed by atoms with Gasteiger partial charge in [0.25, 0.3) is 0 Å². The van der Waals surface area contributed by atoms with Crippen molar-refractivity contribution in [3.05, 3.63) is 41.1 Å². The van der Waals surface area contributed by atoms with E-state index in [9.17, 15) is 4.39 Å². The maximum atomic E-state index is 13.9. The first kappa shape index (κ1) is 15.9. The lowest BCUT2D eigenvalue weighted by Gasteiger charge is -2.02. The van der Waals surface area contributed by atoms with Crippen molar-refractivity contribution in [3.8, 4) is 11.3 Å². The zero-order chi connectivity index (χ0) is 15.1. The van der Waals surface area contributed by atoms with E-state index >= 15 is 0 Å². The van der Waals surface area contributed by atoms with Crippen molar-refractivity contribution >= 4 is 11.6 Å². The summed E-state index contributed by atoms with van der Waals surface area (Å²) in [4.78, 5) is 4.17. The van der Waals surface area contributed by atoms with E-state index in [-0.39, 0.29) is 5.02 Å². The van der Waals surface area contributed by atoms with Crippen LogP contribution in [0.3, 0.4) is 0 Å². The SMILES string of the molecule is COCCNCCCc1ncc(-c2cccc(Cl)c2F)o1. The largest absolute Gasteiger partial charge is 0.441 e. The third kappa shape index (κ3) is 4.52. The average Bonchev–Trinajstić information content (AvgIpc) is 2.94. The first-order valence-corrected chi connectivity index (χ1v) is 7.19. The molecule has 0 aliphatic carbocycles. The second kappa shape index (κ2) is 8.12. The van der Waals surface area contributed by atoms with Crippen molar-refractivity contribution in [1.29, 1.82) is 0 Å². The summed E-state index contributed by atoms with van der Waals surface area (Å²) in [5.74, 6) is 0.512. The molecule has 0 saturated heterocycles. The Morgan fingerprint density at radius 1 is 1.38 bits per heavy atom. The molecule has 0 bridgehead atoms. The molecule has 2 rings (SSSR count). The van der Waals surface area contributed by atoms with Crippen LogP contribution in [0.5, 0.6) is 0 Å². The monoisotopic (exact) mass is 312 g/mol. The molecule has 0 radical (unpaired) electrons. The fraction of sp³-hybridized carbons (Fsp3) is 0.400. The molecule has 21 heavy (non-hydrogen) atoms. The Labute approximate surface area is 128 Å². The molecule has 6 heteroatoms. The minimum Gasteiger partial charge on any atom is -0.441 e. The summed E-state index contributed by atoms with van der Waals surface area (Å²) in [5, 5.41) is 3.32. The van der Waals surface area contributed by atoms with E-state index in [0.29, 0.717) is 30.2 Å². The van der Waals surface area contributed by atoms with Crippen LogP contribution < -0.4 is 5.32 Å². The van der Waals surface area contributed by atoms with Gasteiger partial charge in [0.2, 0.25) is 0 Å². The van der Waals surface area contributed by atoms with Crippen molar-refractivity contribution in [2.24, 2.45) is 0 Å². The Bertz CT molecular complexity index is 575. The Hall–Kier alpha value is -1.43. The zero-order valence-electron chi connectivity index (χ0n) is 11.9. The highest BCUT2D eigenvalue weighted by atomic mass is 35.5. The number of methoxy groups -OCH3 is 1. The fourth-order valence-corrected chi connectivity index (χ4v) is 2.08. The van der Waals surface area contributed by atoms with Crippen LogP contribution in [0.1, 0.15) is 12.3 Å². The van der Waals surface area contributed by atoms with Crippen LogP contribution in [0.4, 0.5) is 4.39 Å². The second-order valence-electron chi connectivity index (χ2n) is 4.57. The van der Waals surface area contributed by atoms with Gasteiger partial charge >= 0.3 is 0 Å². The molecule has 0 unspecified atom stereocenters. The molecule has 0 fully saturated rings.